The molecule has 0 spiro atoms. The molecule has 6 nitrogen and oxygen atoms in total. The average Bonchev–Trinajstić information content (AvgIpc) is 2.25. The average molecular weight is 236 g/mol. The Hall–Kier alpha value is -2.24. The maximum Gasteiger partial charge on any atom is 0.253 e. The van der Waals surface area contributed by atoms with Gasteiger partial charge in [0.2, 0.25) is 5.91 Å². The summed E-state index contributed by atoms with van der Waals surface area (Å²) in [6.45, 7) is -0.0599. The molecule has 0 aromatic heterocycles. The molecule has 0 fully saturated rings. The third kappa shape index (κ3) is 3.37. The van der Waals surface area contributed by atoms with E-state index in [-0.39, 0.29) is 12.5 Å². The zero-order chi connectivity index (χ0) is 13.0. The Morgan fingerprint density at radius 3 is 2.47 bits per heavy atom. The number of amides is 2. The number of nitrogen functional groups attached to an aromatic ring is 2. The molecule has 1 rings (SSSR count). The summed E-state index contributed by atoms with van der Waals surface area (Å²) in [5, 5.41) is 2.49. The molecule has 0 aliphatic rings. The first kappa shape index (κ1) is 12.8. The van der Waals surface area contributed by atoms with Crippen molar-refractivity contribution in [2.45, 2.75) is 0 Å². The van der Waals surface area contributed by atoms with Crippen molar-refractivity contribution in [3.05, 3.63) is 23.8 Å². The van der Waals surface area contributed by atoms with Crippen molar-refractivity contribution < 1.29 is 9.59 Å². The van der Waals surface area contributed by atoms with Crippen molar-refractivity contribution in [3.63, 3.8) is 0 Å². The Bertz CT molecular complexity index is 443. The lowest BCUT2D eigenvalue weighted by Crippen LogP contribution is -2.36. The van der Waals surface area contributed by atoms with Gasteiger partial charge >= 0.3 is 0 Å². The highest BCUT2D eigenvalue weighted by atomic mass is 16.2. The number of hydrogen-bond donors (Lipinski definition) is 3. The first-order valence-corrected chi connectivity index (χ1v) is 5.05. The molecule has 0 heterocycles. The van der Waals surface area contributed by atoms with E-state index >= 15 is 0 Å². The molecule has 1 aromatic rings. The van der Waals surface area contributed by atoms with Crippen molar-refractivity contribution in [1.29, 1.82) is 0 Å². The van der Waals surface area contributed by atoms with E-state index in [4.69, 9.17) is 11.5 Å². The van der Waals surface area contributed by atoms with Gasteiger partial charge in [-0.15, -0.1) is 0 Å². The van der Waals surface area contributed by atoms with Crippen LogP contribution in [0.15, 0.2) is 18.2 Å². The topological polar surface area (TPSA) is 101 Å². The summed E-state index contributed by atoms with van der Waals surface area (Å²) in [4.78, 5) is 24.4. The van der Waals surface area contributed by atoms with Crippen molar-refractivity contribution in [3.8, 4) is 0 Å². The van der Waals surface area contributed by atoms with Crippen molar-refractivity contribution in [2.75, 3.05) is 32.1 Å². The normalized spacial score (nSPS) is 9.76. The number of nitrogens with two attached hydrogens (primary N) is 2. The van der Waals surface area contributed by atoms with Crippen molar-refractivity contribution >= 4 is 23.2 Å². The van der Waals surface area contributed by atoms with Crippen molar-refractivity contribution in [2.24, 2.45) is 0 Å². The van der Waals surface area contributed by atoms with Gasteiger partial charge in [0.15, 0.2) is 0 Å². The van der Waals surface area contributed by atoms with Gasteiger partial charge in [0, 0.05) is 25.5 Å². The molecule has 2 amide bonds. The molecule has 0 aliphatic heterocycles. The number of hydrogen-bond acceptors (Lipinski definition) is 4. The highest BCUT2D eigenvalue weighted by Crippen LogP contribution is 2.15. The van der Waals surface area contributed by atoms with E-state index in [1.54, 1.807) is 20.2 Å². The van der Waals surface area contributed by atoms with Crippen LogP contribution in [0.5, 0.6) is 0 Å². The zero-order valence-electron chi connectivity index (χ0n) is 9.86. The molecular formula is C11H16N4O2. The van der Waals surface area contributed by atoms with Crippen LogP contribution in [0.25, 0.3) is 0 Å². The van der Waals surface area contributed by atoms with Crippen LogP contribution in [0.4, 0.5) is 11.4 Å². The summed E-state index contributed by atoms with van der Waals surface area (Å²) in [5.41, 5.74) is 12.3. The number of carbonyl (C=O) groups excluding carboxylic acids is 2. The standard InChI is InChI=1S/C11H16N4O2/c1-15(2)10(16)6-14-11(17)8-4-3-7(12)5-9(8)13/h3-5H,6,12-13H2,1-2H3,(H,14,17). The highest BCUT2D eigenvalue weighted by Gasteiger charge is 2.11. The molecule has 6 heteroatoms. The van der Waals surface area contributed by atoms with Gasteiger partial charge < -0.3 is 21.7 Å². The van der Waals surface area contributed by atoms with Crippen LogP contribution < -0.4 is 16.8 Å². The molecule has 0 saturated heterocycles. The van der Waals surface area contributed by atoms with E-state index in [2.05, 4.69) is 5.32 Å². The first-order valence-electron chi connectivity index (χ1n) is 5.05. The maximum atomic E-state index is 11.7. The molecule has 1 aromatic carbocycles. The van der Waals surface area contributed by atoms with Crippen LogP contribution in [0.2, 0.25) is 0 Å². The summed E-state index contributed by atoms with van der Waals surface area (Å²) in [6, 6.07) is 4.61. The summed E-state index contributed by atoms with van der Waals surface area (Å²) >= 11 is 0. The summed E-state index contributed by atoms with van der Waals surface area (Å²) in [7, 11) is 3.23. The number of nitrogens with one attached hydrogen (secondary N) is 1. The summed E-state index contributed by atoms with van der Waals surface area (Å²) < 4.78 is 0. The number of rotatable bonds is 3. The van der Waals surface area contributed by atoms with E-state index in [1.807, 2.05) is 0 Å². The lowest BCUT2D eigenvalue weighted by Gasteiger charge is -2.11. The van der Waals surface area contributed by atoms with Gasteiger partial charge in [-0.1, -0.05) is 0 Å². The quantitative estimate of drug-likeness (QED) is 0.625. The second-order valence-electron chi connectivity index (χ2n) is 3.82. The Labute approximate surface area is 99.6 Å². The van der Waals surface area contributed by atoms with E-state index in [1.165, 1.54) is 17.0 Å². The fourth-order valence-electron chi connectivity index (χ4n) is 1.20. The highest BCUT2D eigenvalue weighted by molar-refractivity contribution is 6.01. The van der Waals surface area contributed by atoms with E-state index in [0.717, 1.165) is 0 Å². The minimum absolute atomic E-state index is 0.0599. The van der Waals surface area contributed by atoms with Crippen molar-refractivity contribution in [1.82, 2.24) is 10.2 Å². The number of likely N-dealkylation sites (N-methyl/N-ethyl adjacent to an activating group) is 1. The molecule has 17 heavy (non-hydrogen) atoms. The van der Waals surface area contributed by atoms with Gasteiger partial charge in [-0.25, -0.2) is 0 Å². The van der Waals surface area contributed by atoms with Crippen LogP contribution >= 0.6 is 0 Å². The van der Waals surface area contributed by atoms with E-state index in [9.17, 15) is 9.59 Å². The minimum Gasteiger partial charge on any atom is -0.399 e. The van der Waals surface area contributed by atoms with Gasteiger partial charge in [-0.05, 0) is 18.2 Å². The van der Waals surface area contributed by atoms with E-state index < -0.39 is 5.91 Å². The van der Waals surface area contributed by atoms with Gasteiger partial charge in [0.25, 0.3) is 5.91 Å². The SMILES string of the molecule is CN(C)C(=O)CNC(=O)c1ccc(N)cc1N. The second kappa shape index (κ2) is 5.20. The Kier molecular flexibility index (Phi) is 3.92. The van der Waals surface area contributed by atoms with Crippen LogP contribution in [-0.2, 0) is 4.79 Å². The lowest BCUT2D eigenvalue weighted by molar-refractivity contribution is -0.127. The molecule has 0 bridgehead atoms. The smallest absolute Gasteiger partial charge is 0.253 e. The number of carbonyl (C=O) groups is 2. The Morgan fingerprint density at radius 1 is 1.29 bits per heavy atom. The second-order valence-corrected chi connectivity index (χ2v) is 3.82. The number of nitrogens with zero attached hydrogens (tertiary/aromatic N) is 1. The molecule has 0 aliphatic carbocycles. The molecular weight excluding hydrogens is 220 g/mol. The maximum absolute atomic E-state index is 11.7. The molecule has 0 saturated carbocycles. The fourth-order valence-corrected chi connectivity index (χ4v) is 1.20. The minimum atomic E-state index is -0.391. The molecule has 5 N–H and O–H groups in total. The van der Waals surface area contributed by atoms with Crippen LogP contribution in [0, 0.1) is 0 Å². The van der Waals surface area contributed by atoms with Gasteiger partial charge in [-0.2, -0.15) is 0 Å². The molecule has 0 unspecified atom stereocenters. The van der Waals surface area contributed by atoms with E-state index in [0.29, 0.717) is 16.9 Å². The van der Waals surface area contributed by atoms with Gasteiger partial charge in [-0.3, -0.25) is 9.59 Å². The largest absolute Gasteiger partial charge is 0.399 e. The third-order valence-electron chi connectivity index (χ3n) is 2.22. The monoisotopic (exact) mass is 236 g/mol. The number of benzene rings is 1. The van der Waals surface area contributed by atoms with Crippen LogP contribution in [0.3, 0.4) is 0 Å². The molecule has 92 valence electrons. The van der Waals surface area contributed by atoms with Crippen LogP contribution in [-0.4, -0.2) is 37.4 Å². The van der Waals surface area contributed by atoms with Gasteiger partial charge in [0.05, 0.1) is 12.1 Å². The predicted octanol–water partition coefficient (Wildman–Crippen LogP) is -0.331. The first-order chi connectivity index (χ1) is 7.91. The molecule has 0 radical (unpaired) electrons. The lowest BCUT2D eigenvalue weighted by atomic mass is 10.1. The van der Waals surface area contributed by atoms with Crippen LogP contribution in [0.1, 0.15) is 10.4 Å². The Morgan fingerprint density at radius 2 is 1.94 bits per heavy atom. The number of anilines is 2. The zero-order valence-corrected chi connectivity index (χ0v) is 9.86. The molecule has 0 atom stereocenters. The fraction of sp³-hybridized carbons (Fsp3) is 0.273. The predicted molar refractivity (Wildman–Crippen MR) is 66.3 cm³/mol. The third-order valence-corrected chi connectivity index (χ3v) is 2.22. The van der Waals surface area contributed by atoms with Gasteiger partial charge in [0.1, 0.15) is 0 Å². The Balaban J connectivity index is 2.68. The summed E-state index contributed by atoms with van der Waals surface area (Å²) in [6.07, 6.45) is 0. The summed E-state index contributed by atoms with van der Waals surface area (Å²) in [5.74, 6) is -0.579.